The maximum absolute atomic E-state index is 14.0. The number of aromatic nitrogens is 2. The van der Waals surface area contributed by atoms with Crippen LogP contribution < -0.4 is 31.5 Å². The molecule has 184 valence electrons. The zero-order valence-electron chi connectivity index (χ0n) is 19.7. The van der Waals surface area contributed by atoms with E-state index < -0.39 is 22.8 Å². The number of hydrogen-bond donors (Lipinski definition) is 3. The van der Waals surface area contributed by atoms with E-state index in [0.29, 0.717) is 36.5 Å². The zero-order chi connectivity index (χ0) is 25.6. The SMILES string of the molecule is CNC(=O)C(N)c1c(N2CC=C(c3cc4c(-c5cc(F)ccc5OC)ccnc4[nH]3)CC2)c(=O)c1=O. The van der Waals surface area contributed by atoms with Crippen molar-refractivity contribution >= 4 is 28.2 Å². The number of carbonyl (C=O) groups is 1. The monoisotopic (exact) mass is 489 g/mol. The lowest BCUT2D eigenvalue weighted by atomic mass is 9.96. The van der Waals surface area contributed by atoms with Crippen molar-refractivity contribution in [1.29, 1.82) is 0 Å². The van der Waals surface area contributed by atoms with Gasteiger partial charge in [0.25, 0.3) is 0 Å². The number of likely N-dealkylation sites (N-methyl/N-ethyl adjacent to an activating group) is 1. The number of rotatable bonds is 6. The van der Waals surface area contributed by atoms with E-state index >= 15 is 0 Å². The van der Waals surface area contributed by atoms with Crippen LogP contribution in [0.25, 0.3) is 27.7 Å². The summed E-state index contributed by atoms with van der Waals surface area (Å²) < 4.78 is 19.5. The van der Waals surface area contributed by atoms with Crippen LogP contribution in [0.15, 0.2) is 52.2 Å². The Morgan fingerprint density at radius 2 is 2.03 bits per heavy atom. The van der Waals surface area contributed by atoms with Crippen LogP contribution in [0.1, 0.15) is 23.7 Å². The van der Waals surface area contributed by atoms with Gasteiger partial charge in [0.15, 0.2) is 0 Å². The van der Waals surface area contributed by atoms with Crippen LogP contribution in [-0.4, -0.2) is 43.1 Å². The van der Waals surface area contributed by atoms with Crippen molar-refractivity contribution in [3.05, 3.63) is 80.1 Å². The fourth-order valence-electron chi connectivity index (χ4n) is 4.73. The molecule has 4 N–H and O–H groups in total. The van der Waals surface area contributed by atoms with Gasteiger partial charge in [0, 0.05) is 43.0 Å². The Hall–Kier alpha value is -4.31. The number of H-pyrrole nitrogens is 1. The van der Waals surface area contributed by atoms with Gasteiger partial charge in [-0.25, -0.2) is 9.37 Å². The first-order valence-corrected chi connectivity index (χ1v) is 11.4. The largest absolute Gasteiger partial charge is 0.496 e. The van der Waals surface area contributed by atoms with Crippen molar-refractivity contribution in [2.24, 2.45) is 5.73 Å². The molecule has 0 spiro atoms. The molecule has 5 rings (SSSR count). The minimum Gasteiger partial charge on any atom is -0.496 e. The van der Waals surface area contributed by atoms with E-state index in [2.05, 4.69) is 15.3 Å². The Bertz CT molecular complexity index is 1600. The number of hydrogen-bond acceptors (Lipinski definition) is 7. The molecule has 1 unspecified atom stereocenters. The van der Waals surface area contributed by atoms with E-state index in [1.165, 1.54) is 19.2 Å². The molecule has 0 aliphatic carbocycles. The number of nitrogens with zero attached hydrogens (tertiary/aromatic N) is 2. The molecule has 1 aliphatic rings. The molecule has 1 amide bonds. The molecule has 2 aromatic heterocycles. The highest BCUT2D eigenvalue weighted by atomic mass is 19.1. The molecule has 0 saturated heterocycles. The highest BCUT2D eigenvalue weighted by Crippen LogP contribution is 2.37. The van der Waals surface area contributed by atoms with Crippen LogP contribution in [0.4, 0.5) is 10.1 Å². The number of ether oxygens (including phenoxy) is 1. The second-order valence-electron chi connectivity index (χ2n) is 8.59. The highest BCUT2D eigenvalue weighted by molar-refractivity contribution is 5.97. The molecule has 0 fully saturated rings. The van der Waals surface area contributed by atoms with Crippen molar-refractivity contribution in [2.45, 2.75) is 12.5 Å². The van der Waals surface area contributed by atoms with Crippen molar-refractivity contribution in [2.75, 3.05) is 32.1 Å². The number of carbonyl (C=O) groups excluding carboxylic acids is 1. The summed E-state index contributed by atoms with van der Waals surface area (Å²) in [7, 11) is 2.97. The summed E-state index contributed by atoms with van der Waals surface area (Å²) in [6.07, 6.45) is 4.20. The maximum Gasteiger partial charge on any atom is 0.249 e. The fraction of sp³-hybridized carbons (Fsp3) is 0.231. The predicted molar refractivity (Wildman–Crippen MR) is 135 cm³/mol. The summed E-state index contributed by atoms with van der Waals surface area (Å²) in [4.78, 5) is 45.9. The molecular weight excluding hydrogens is 465 g/mol. The molecule has 4 aromatic rings. The summed E-state index contributed by atoms with van der Waals surface area (Å²) >= 11 is 0. The van der Waals surface area contributed by atoms with Gasteiger partial charge in [-0.2, -0.15) is 0 Å². The van der Waals surface area contributed by atoms with Crippen molar-refractivity contribution < 1.29 is 13.9 Å². The number of aromatic amines is 1. The highest BCUT2D eigenvalue weighted by Gasteiger charge is 2.33. The lowest BCUT2D eigenvalue weighted by molar-refractivity contribution is -0.122. The van der Waals surface area contributed by atoms with Gasteiger partial charge in [0.2, 0.25) is 16.8 Å². The lowest BCUT2D eigenvalue weighted by Crippen LogP contribution is -2.49. The third kappa shape index (κ3) is 3.75. The van der Waals surface area contributed by atoms with Gasteiger partial charge in [0.1, 0.15) is 23.3 Å². The Labute approximate surface area is 205 Å². The number of fused-ring (bicyclic) bond motifs is 1. The molecule has 10 heteroatoms. The molecule has 9 nitrogen and oxygen atoms in total. The first-order valence-electron chi connectivity index (χ1n) is 11.4. The van der Waals surface area contributed by atoms with Crippen molar-refractivity contribution in [3.8, 4) is 16.9 Å². The number of anilines is 1. The summed E-state index contributed by atoms with van der Waals surface area (Å²) in [5, 5.41) is 3.23. The van der Waals surface area contributed by atoms with Gasteiger partial charge in [-0.3, -0.25) is 14.4 Å². The lowest BCUT2D eigenvalue weighted by Gasteiger charge is -2.31. The van der Waals surface area contributed by atoms with Gasteiger partial charge in [-0.05, 0) is 47.9 Å². The van der Waals surface area contributed by atoms with Gasteiger partial charge in [-0.1, -0.05) is 6.08 Å². The quantitative estimate of drug-likeness (QED) is 0.353. The minimum absolute atomic E-state index is 0.0553. The third-order valence-electron chi connectivity index (χ3n) is 6.62. The molecule has 0 radical (unpaired) electrons. The van der Waals surface area contributed by atoms with Crippen LogP contribution in [0, 0.1) is 5.82 Å². The molecular formula is C26H24FN5O4. The van der Waals surface area contributed by atoms with E-state index in [9.17, 15) is 18.8 Å². The maximum atomic E-state index is 14.0. The number of nitrogens with two attached hydrogens (primary N) is 1. The first kappa shape index (κ1) is 23.4. The minimum atomic E-state index is -1.18. The van der Waals surface area contributed by atoms with E-state index in [0.717, 1.165) is 22.2 Å². The van der Waals surface area contributed by atoms with Crippen LogP contribution in [0.2, 0.25) is 0 Å². The molecule has 2 aromatic carbocycles. The van der Waals surface area contributed by atoms with Crippen LogP contribution in [0.5, 0.6) is 5.75 Å². The number of methoxy groups -OCH3 is 1. The topological polar surface area (TPSA) is 130 Å². The van der Waals surface area contributed by atoms with Gasteiger partial charge in [0.05, 0.1) is 18.4 Å². The smallest absolute Gasteiger partial charge is 0.249 e. The molecule has 1 atom stereocenters. The average Bonchev–Trinajstić information content (AvgIpc) is 3.35. The Balaban J connectivity index is 1.46. The first-order chi connectivity index (χ1) is 17.3. The third-order valence-corrected chi connectivity index (χ3v) is 6.62. The summed E-state index contributed by atoms with van der Waals surface area (Å²) in [5.74, 6) is -0.332. The Morgan fingerprint density at radius 3 is 2.72 bits per heavy atom. The van der Waals surface area contributed by atoms with E-state index in [1.807, 2.05) is 18.2 Å². The fourth-order valence-corrected chi connectivity index (χ4v) is 4.73. The summed E-state index contributed by atoms with van der Waals surface area (Å²) in [6.45, 7) is 0.846. The number of benzene rings is 1. The van der Waals surface area contributed by atoms with Gasteiger partial charge >= 0.3 is 0 Å². The van der Waals surface area contributed by atoms with E-state index in [1.54, 1.807) is 24.3 Å². The summed E-state index contributed by atoms with van der Waals surface area (Å²) in [5.41, 5.74) is 8.77. The molecule has 0 bridgehead atoms. The zero-order valence-corrected chi connectivity index (χ0v) is 19.7. The molecule has 3 heterocycles. The standard InChI is InChI=1S/C26H24FN5O4/c1-29-26(35)21(28)20-22(24(34)23(20)33)32-9-6-13(7-10-32)18-12-17-15(5-8-30-25(17)31-18)16-11-14(27)3-4-19(16)36-2/h3-6,8,11-12,21H,7,9-10,28H2,1-2H3,(H,29,35)(H,30,31). The van der Waals surface area contributed by atoms with Crippen LogP contribution in [-0.2, 0) is 4.79 Å². The van der Waals surface area contributed by atoms with Crippen LogP contribution in [0.3, 0.4) is 0 Å². The molecule has 36 heavy (non-hydrogen) atoms. The van der Waals surface area contributed by atoms with Crippen molar-refractivity contribution in [1.82, 2.24) is 15.3 Å². The van der Waals surface area contributed by atoms with Gasteiger partial charge in [-0.15, -0.1) is 0 Å². The predicted octanol–water partition coefficient (Wildman–Crippen LogP) is 2.01. The summed E-state index contributed by atoms with van der Waals surface area (Å²) in [6, 6.07) is 6.98. The Morgan fingerprint density at radius 1 is 1.22 bits per heavy atom. The van der Waals surface area contributed by atoms with Crippen molar-refractivity contribution in [3.63, 3.8) is 0 Å². The second-order valence-corrected chi connectivity index (χ2v) is 8.59. The number of nitrogens with one attached hydrogen (secondary N) is 2. The second kappa shape index (κ2) is 9.04. The molecule has 1 aliphatic heterocycles. The number of amides is 1. The Kier molecular flexibility index (Phi) is 5.89. The average molecular weight is 490 g/mol. The van der Waals surface area contributed by atoms with Crippen LogP contribution >= 0.6 is 0 Å². The number of pyridine rings is 1. The normalized spacial score (nSPS) is 14.7. The van der Waals surface area contributed by atoms with E-state index in [4.69, 9.17) is 10.5 Å². The number of halogens is 1. The van der Waals surface area contributed by atoms with E-state index in [-0.39, 0.29) is 17.1 Å². The molecule has 0 saturated carbocycles. The van der Waals surface area contributed by atoms with Gasteiger partial charge < -0.3 is 25.7 Å².